The van der Waals surface area contributed by atoms with Crippen molar-refractivity contribution < 1.29 is 14.4 Å². The lowest BCUT2D eigenvalue weighted by Gasteiger charge is -2.46. The van der Waals surface area contributed by atoms with Crippen LogP contribution in [-0.4, -0.2) is 47.3 Å². The van der Waals surface area contributed by atoms with E-state index in [1.54, 1.807) is 13.8 Å². The third kappa shape index (κ3) is 2.44. The van der Waals surface area contributed by atoms with Crippen LogP contribution in [0.15, 0.2) is 0 Å². The number of hydrogen-bond donors (Lipinski definition) is 2. The lowest BCUT2D eigenvalue weighted by Crippen LogP contribution is -2.69. The summed E-state index contributed by atoms with van der Waals surface area (Å²) in [4.78, 5) is 37.7. The Labute approximate surface area is 119 Å². The average Bonchev–Trinajstić information content (AvgIpc) is 2.33. The molecule has 2 saturated heterocycles. The van der Waals surface area contributed by atoms with E-state index in [2.05, 4.69) is 10.6 Å². The SMILES string of the molecule is CC1(C)CCCNC1C(=O)N1CC(=O)NC(=O)C1(C)C. The number of carbonyl (C=O) groups is 3. The fourth-order valence-electron chi connectivity index (χ4n) is 2.92. The topological polar surface area (TPSA) is 78.5 Å². The molecular weight excluding hydrogens is 258 g/mol. The van der Waals surface area contributed by atoms with Gasteiger partial charge in [-0.3, -0.25) is 19.7 Å². The maximum absolute atomic E-state index is 12.8. The molecule has 0 aromatic rings. The van der Waals surface area contributed by atoms with E-state index in [4.69, 9.17) is 0 Å². The van der Waals surface area contributed by atoms with E-state index in [0.29, 0.717) is 0 Å². The standard InChI is InChI=1S/C14H23N3O3/c1-13(2)6-5-7-15-10(13)11(19)17-8-9(18)16-12(20)14(17,3)4/h10,15H,5-8H2,1-4H3,(H,16,18,20). The van der Waals surface area contributed by atoms with Gasteiger partial charge in [-0.05, 0) is 38.6 Å². The molecule has 2 aliphatic heterocycles. The van der Waals surface area contributed by atoms with Gasteiger partial charge in [0.25, 0.3) is 5.91 Å². The third-order valence-electron chi connectivity index (χ3n) is 4.43. The van der Waals surface area contributed by atoms with Gasteiger partial charge in [-0.15, -0.1) is 0 Å². The first-order chi connectivity index (χ1) is 9.16. The smallest absolute Gasteiger partial charge is 0.252 e. The largest absolute Gasteiger partial charge is 0.318 e. The summed E-state index contributed by atoms with van der Waals surface area (Å²) in [5.74, 6) is -1.00. The fraction of sp³-hybridized carbons (Fsp3) is 0.786. The van der Waals surface area contributed by atoms with Gasteiger partial charge in [-0.25, -0.2) is 0 Å². The van der Waals surface area contributed by atoms with E-state index in [0.717, 1.165) is 19.4 Å². The fourth-order valence-corrected chi connectivity index (χ4v) is 2.92. The summed E-state index contributed by atoms with van der Waals surface area (Å²) in [6.45, 7) is 8.15. The maximum atomic E-state index is 12.8. The van der Waals surface area contributed by atoms with Crippen LogP contribution in [0, 0.1) is 5.41 Å². The predicted molar refractivity (Wildman–Crippen MR) is 73.7 cm³/mol. The van der Waals surface area contributed by atoms with Crippen LogP contribution in [0.1, 0.15) is 40.5 Å². The Morgan fingerprint density at radius 3 is 2.50 bits per heavy atom. The van der Waals surface area contributed by atoms with Crippen LogP contribution >= 0.6 is 0 Å². The van der Waals surface area contributed by atoms with Crippen LogP contribution in [0.5, 0.6) is 0 Å². The second-order valence-electron chi connectivity index (χ2n) is 6.84. The van der Waals surface area contributed by atoms with Gasteiger partial charge < -0.3 is 10.2 Å². The number of imide groups is 1. The quantitative estimate of drug-likeness (QED) is 0.665. The molecule has 0 saturated carbocycles. The van der Waals surface area contributed by atoms with Gasteiger partial charge in [0, 0.05) is 0 Å². The number of carbonyl (C=O) groups excluding carboxylic acids is 3. The lowest BCUT2D eigenvalue weighted by molar-refractivity contribution is -0.158. The van der Waals surface area contributed by atoms with E-state index in [1.165, 1.54) is 4.90 Å². The van der Waals surface area contributed by atoms with Crippen molar-refractivity contribution in [3.05, 3.63) is 0 Å². The number of piperidine rings is 1. The predicted octanol–water partition coefficient (Wildman–Crippen LogP) is 0.0282. The van der Waals surface area contributed by atoms with Crippen molar-refractivity contribution in [2.75, 3.05) is 13.1 Å². The number of amides is 3. The Morgan fingerprint density at radius 1 is 1.25 bits per heavy atom. The minimum absolute atomic E-state index is 0.0637. The summed E-state index contributed by atoms with van der Waals surface area (Å²) in [5.41, 5.74) is -1.18. The molecule has 0 aromatic carbocycles. The minimum atomic E-state index is -1.000. The van der Waals surface area contributed by atoms with Crippen LogP contribution < -0.4 is 10.6 Å². The average molecular weight is 281 g/mol. The molecular formula is C14H23N3O3. The van der Waals surface area contributed by atoms with Crippen LogP contribution in [0.2, 0.25) is 0 Å². The molecule has 112 valence electrons. The van der Waals surface area contributed by atoms with Gasteiger partial charge in [-0.1, -0.05) is 13.8 Å². The van der Waals surface area contributed by atoms with Crippen LogP contribution in [0.3, 0.4) is 0 Å². The Kier molecular flexibility index (Phi) is 3.62. The maximum Gasteiger partial charge on any atom is 0.252 e. The molecule has 2 fully saturated rings. The third-order valence-corrected chi connectivity index (χ3v) is 4.43. The van der Waals surface area contributed by atoms with Gasteiger partial charge >= 0.3 is 0 Å². The van der Waals surface area contributed by atoms with E-state index in [-0.39, 0.29) is 23.9 Å². The highest BCUT2D eigenvalue weighted by atomic mass is 16.2. The minimum Gasteiger partial charge on any atom is -0.318 e. The molecule has 3 amide bonds. The zero-order valence-electron chi connectivity index (χ0n) is 12.6. The Morgan fingerprint density at radius 2 is 1.90 bits per heavy atom. The summed E-state index contributed by atoms with van der Waals surface area (Å²) >= 11 is 0. The van der Waals surface area contributed by atoms with Gasteiger partial charge in [-0.2, -0.15) is 0 Å². The summed E-state index contributed by atoms with van der Waals surface area (Å²) in [5, 5.41) is 5.53. The number of piperazine rings is 1. The molecule has 2 heterocycles. The number of nitrogens with one attached hydrogen (secondary N) is 2. The summed E-state index contributed by atoms with van der Waals surface area (Å²) < 4.78 is 0. The first kappa shape index (κ1) is 15.0. The van der Waals surface area contributed by atoms with Crippen molar-refractivity contribution >= 4 is 17.7 Å². The number of hydrogen-bond acceptors (Lipinski definition) is 4. The van der Waals surface area contributed by atoms with E-state index in [9.17, 15) is 14.4 Å². The van der Waals surface area contributed by atoms with Crippen molar-refractivity contribution in [3.63, 3.8) is 0 Å². The number of rotatable bonds is 1. The molecule has 0 aromatic heterocycles. The molecule has 0 aliphatic carbocycles. The van der Waals surface area contributed by atoms with Gasteiger partial charge in [0.05, 0.1) is 6.04 Å². The molecule has 1 atom stereocenters. The van der Waals surface area contributed by atoms with Gasteiger partial charge in [0.1, 0.15) is 12.1 Å². The molecule has 6 nitrogen and oxygen atoms in total. The second kappa shape index (κ2) is 4.84. The first-order valence-corrected chi connectivity index (χ1v) is 7.05. The van der Waals surface area contributed by atoms with Crippen molar-refractivity contribution in [2.45, 2.75) is 52.1 Å². The summed E-state index contributed by atoms with van der Waals surface area (Å²) in [6.07, 6.45) is 1.98. The zero-order valence-corrected chi connectivity index (χ0v) is 12.6. The summed E-state index contributed by atoms with van der Waals surface area (Å²) in [6, 6.07) is -0.353. The molecule has 2 rings (SSSR count). The second-order valence-corrected chi connectivity index (χ2v) is 6.84. The van der Waals surface area contributed by atoms with Crippen molar-refractivity contribution in [3.8, 4) is 0 Å². The Bertz CT molecular complexity index is 457. The molecule has 1 unspecified atom stereocenters. The highest BCUT2D eigenvalue weighted by molar-refractivity contribution is 6.06. The van der Waals surface area contributed by atoms with Crippen LogP contribution in [0.4, 0.5) is 0 Å². The summed E-state index contributed by atoms with van der Waals surface area (Å²) in [7, 11) is 0. The van der Waals surface area contributed by atoms with Gasteiger partial charge in [0.15, 0.2) is 0 Å². The molecule has 0 bridgehead atoms. The number of nitrogens with zero attached hydrogens (tertiary/aromatic N) is 1. The molecule has 2 N–H and O–H groups in total. The van der Waals surface area contributed by atoms with Crippen LogP contribution in [0.25, 0.3) is 0 Å². The normalized spacial score (nSPS) is 29.0. The van der Waals surface area contributed by atoms with E-state index >= 15 is 0 Å². The monoisotopic (exact) mass is 281 g/mol. The van der Waals surface area contributed by atoms with Crippen molar-refractivity contribution in [1.82, 2.24) is 15.5 Å². The highest BCUT2D eigenvalue weighted by Gasteiger charge is 2.48. The first-order valence-electron chi connectivity index (χ1n) is 7.05. The molecule has 0 radical (unpaired) electrons. The molecule has 0 spiro atoms. The molecule has 6 heteroatoms. The van der Waals surface area contributed by atoms with E-state index < -0.39 is 17.4 Å². The Balaban J connectivity index is 2.26. The van der Waals surface area contributed by atoms with E-state index in [1.807, 2.05) is 13.8 Å². The van der Waals surface area contributed by atoms with Gasteiger partial charge in [0.2, 0.25) is 11.8 Å². The Hall–Kier alpha value is -1.43. The van der Waals surface area contributed by atoms with Crippen molar-refractivity contribution in [2.24, 2.45) is 5.41 Å². The van der Waals surface area contributed by atoms with Crippen LogP contribution in [-0.2, 0) is 14.4 Å². The molecule has 20 heavy (non-hydrogen) atoms. The lowest BCUT2D eigenvalue weighted by atomic mass is 9.76. The van der Waals surface area contributed by atoms with Crippen molar-refractivity contribution in [1.29, 1.82) is 0 Å². The molecule has 2 aliphatic rings. The zero-order chi connectivity index (χ0) is 15.1. The highest BCUT2D eigenvalue weighted by Crippen LogP contribution is 2.32.